The van der Waals surface area contributed by atoms with E-state index in [2.05, 4.69) is 0 Å². The fourth-order valence-corrected chi connectivity index (χ4v) is 1.72. The lowest BCUT2D eigenvalue weighted by atomic mass is 10.1. The van der Waals surface area contributed by atoms with Crippen molar-refractivity contribution >= 4 is 16.9 Å². The van der Waals surface area contributed by atoms with Gasteiger partial charge in [0.05, 0.1) is 12.9 Å². The quantitative estimate of drug-likeness (QED) is 0.471. The van der Waals surface area contributed by atoms with E-state index in [1.165, 1.54) is 12.3 Å². The Balaban J connectivity index is 2.40. The van der Waals surface area contributed by atoms with Crippen LogP contribution in [0.3, 0.4) is 0 Å². The standard InChI is InChI=1S/C12H11NO5/c1-2-17-12(14)11(13(15)16)9-3-4-10-8(7-9)5-6-18-10/h3-7,11H,2H2,1H3. The molecule has 0 aliphatic heterocycles. The molecule has 0 spiro atoms. The molecule has 2 rings (SSSR count). The molecule has 0 amide bonds. The number of benzene rings is 1. The van der Waals surface area contributed by atoms with Gasteiger partial charge in [-0.2, -0.15) is 0 Å². The van der Waals surface area contributed by atoms with Gasteiger partial charge < -0.3 is 9.15 Å². The van der Waals surface area contributed by atoms with Crippen LogP contribution in [0.2, 0.25) is 0 Å². The van der Waals surface area contributed by atoms with E-state index in [9.17, 15) is 14.9 Å². The van der Waals surface area contributed by atoms with Gasteiger partial charge in [-0.05, 0) is 31.2 Å². The van der Waals surface area contributed by atoms with Crippen molar-refractivity contribution in [3.05, 3.63) is 46.2 Å². The van der Waals surface area contributed by atoms with E-state index in [1.54, 1.807) is 25.1 Å². The van der Waals surface area contributed by atoms with Gasteiger partial charge in [0.15, 0.2) is 0 Å². The summed E-state index contributed by atoms with van der Waals surface area (Å²) >= 11 is 0. The molecular weight excluding hydrogens is 238 g/mol. The summed E-state index contributed by atoms with van der Waals surface area (Å²) in [5, 5.41) is 11.7. The van der Waals surface area contributed by atoms with Gasteiger partial charge in [-0.25, -0.2) is 4.79 Å². The van der Waals surface area contributed by atoms with Crippen molar-refractivity contribution in [1.82, 2.24) is 0 Å². The molecule has 1 heterocycles. The fraction of sp³-hybridized carbons (Fsp3) is 0.250. The summed E-state index contributed by atoms with van der Waals surface area (Å²) in [6.45, 7) is 1.71. The number of hydrogen-bond donors (Lipinski definition) is 0. The molecule has 6 heteroatoms. The highest BCUT2D eigenvalue weighted by Gasteiger charge is 2.33. The van der Waals surface area contributed by atoms with Crippen LogP contribution in [0.15, 0.2) is 34.9 Å². The summed E-state index contributed by atoms with van der Waals surface area (Å²) in [4.78, 5) is 21.9. The molecule has 1 aromatic carbocycles. The van der Waals surface area contributed by atoms with Crippen LogP contribution in [0, 0.1) is 10.1 Å². The van der Waals surface area contributed by atoms with Crippen LogP contribution in [0.4, 0.5) is 0 Å². The molecule has 0 saturated heterocycles. The van der Waals surface area contributed by atoms with Crippen molar-refractivity contribution < 1.29 is 18.9 Å². The Kier molecular flexibility index (Phi) is 3.27. The predicted molar refractivity (Wildman–Crippen MR) is 62.6 cm³/mol. The van der Waals surface area contributed by atoms with E-state index < -0.39 is 16.9 Å². The van der Waals surface area contributed by atoms with Crippen LogP contribution >= 0.6 is 0 Å². The van der Waals surface area contributed by atoms with E-state index in [4.69, 9.17) is 9.15 Å². The van der Waals surface area contributed by atoms with E-state index >= 15 is 0 Å². The van der Waals surface area contributed by atoms with Gasteiger partial charge in [0, 0.05) is 15.9 Å². The zero-order chi connectivity index (χ0) is 13.1. The minimum Gasteiger partial charge on any atom is -0.464 e. The number of carbonyl (C=O) groups excluding carboxylic acids is 1. The Morgan fingerprint density at radius 2 is 2.28 bits per heavy atom. The smallest absolute Gasteiger partial charge is 0.386 e. The summed E-state index contributed by atoms with van der Waals surface area (Å²) in [6, 6.07) is 4.84. The zero-order valence-corrected chi connectivity index (χ0v) is 9.66. The van der Waals surface area contributed by atoms with E-state index in [-0.39, 0.29) is 12.2 Å². The van der Waals surface area contributed by atoms with E-state index in [0.29, 0.717) is 11.0 Å². The van der Waals surface area contributed by atoms with Crippen molar-refractivity contribution in [2.45, 2.75) is 13.0 Å². The second-order valence-corrected chi connectivity index (χ2v) is 3.66. The molecule has 0 N–H and O–H groups in total. The molecule has 18 heavy (non-hydrogen) atoms. The number of nitro groups is 1. The first-order chi connectivity index (χ1) is 8.63. The second-order valence-electron chi connectivity index (χ2n) is 3.66. The van der Waals surface area contributed by atoms with Gasteiger partial charge in [-0.3, -0.25) is 10.1 Å². The largest absolute Gasteiger partial charge is 0.464 e. The summed E-state index contributed by atoms with van der Waals surface area (Å²) in [6.07, 6.45) is 1.49. The average molecular weight is 249 g/mol. The molecule has 94 valence electrons. The number of fused-ring (bicyclic) bond motifs is 1. The lowest BCUT2D eigenvalue weighted by molar-refractivity contribution is -0.516. The Hall–Kier alpha value is -2.37. The lowest BCUT2D eigenvalue weighted by Gasteiger charge is -2.08. The normalized spacial score (nSPS) is 12.3. The third-order valence-electron chi connectivity index (χ3n) is 2.51. The molecule has 6 nitrogen and oxygen atoms in total. The summed E-state index contributed by atoms with van der Waals surface area (Å²) in [5.74, 6) is -0.856. The van der Waals surface area contributed by atoms with Gasteiger partial charge in [-0.1, -0.05) is 0 Å². The number of ether oxygens (including phenoxy) is 1. The SMILES string of the molecule is CCOC(=O)C(c1ccc2occc2c1)[N+](=O)[O-]. The lowest BCUT2D eigenvalue weighted by Crippen LogP contribution is -2.23. The molecule has 1 aromatic heterocycles. The zero-order valence-electron chi connectivity index (χ0n) is 9.66. The maximum Gasteiger partial charge on any atom is 0.386 e. The van der Waals surface area contributed by atoms with Gasteiger partial charge in [0.2, 0.25) is 0 Å². The summed E-state index contributed by atoms with van der Waals surface area (Å²) in [5.41, 5.74) is 0.900. The maximum atomic E-state index is 11.6. The van der Waals surface area contributed by atoms with Crippen LogP contribution in [0.5, 0.6) is 0 Å². The Bertz CT molecular complexity index is 589. The Morgan fingerprint density at radius 1 is 1.50 bits per heavy atom. The fourth-order valence-electron chi connectivity index (χ4n) is 1.72. The molecule has 0 fully saturated rings. The molecular formula is C12H11NO5. The average Bonchev–Trinajstić information content (AvgIpc) is 2.76. The number of hydrogen-bond acceptors (Lipinski definition) is 5. The number of rotatable bonds is 4. The number of carbonyl (C=O) groups is 1. The van der Waals surface area contributed by atoms with E-state index in [0.717, 1.165) is 0 Å². The van der Waals surface area contributed by atoms with Crippen LogP contribution in [-0.2, 0) is 9.53 Å². The van der Waals surface area contributed by atoms with Crippen LogP contribution in [0.25, 0.3) is 11.0 Å². The van der Waals surface area contributed by atoms with Gasteiger partial charge in [-0.15, -0.1) is 0 Å². The molecule has 0 saturated carbocycles. The number of furan rings is 1. The minimum absolute atomic E-state index is 0.108. The van der Waals surface area contributed by atoms with Gasteiger partial charge >= 0.3 is 12.0 Å². The predicted octanol–water partition coefficient (Wildman–Crippen LogP) is 2.31. The maximum absolute atomic E-state index is 11.6. The van der Waals surface area contributed by atoms with Crippen LogP contribution in [0.1, 0.15) is 18.5 Å². The first-order valence-electron chi connectivity index (χ1n) is 5.40. The molecule has 0 aliphatic carbocycles. The number of esters is 1. The first-order valence-corrected chi connectivity index (χ1v) is 5.40. The monoisotopic (exact) mass is 249 g/mol. The molecule has 1 unspecified atom stereocenters. The molecule has 0 aliphatic rings. The van der Waals surface area contributed by atoms with Gasteiger partial charge in [0.25, 0.3) is 0 Å². The van der Waals surface area contributed by atoms with Crippen molar-refractivity contribution in [1.29, 1.82) is 0 Å². The Labute approximate surface area is 102 Å². The highest BCUT2D eigenvalue weighted by atomic mass is 16.6. The number of nitrogens with zero attached hydrogens (tertiary/aromatic N) is 1. The van der Waals surface area contributed by atoms with Crippen molar-refractivity contribution in [3.63, 3.8) is 0 Å². The molecule has 1 atom stereocenters. The van der Waals surface area contributed by atoms with Crippen LogP contribution < -0.4 is 0 Å². The van der Waals surface area contributed by atoms with Crippen LogP contribution in [-0.4, -0.2) is 17.5 Å². The van der Waals surface area contributed by atoms with Crippen molar-refractivity contribution in [2.24, 2.45) is 0 Å². The third-order valence-corrected chi connectivity index (χ3v) is 2.51. The second kappa shape index (κ2) is 4.87. The van der Waals surface area contributed by atoms with Crippen molar-refractivity contribution in [2.75, 3.05) is 6.61 Å². The highest BCUT2D eigenvalue weighted by molar-refractivity contribution is 5.81. The topological polar surface area (TPSA) is 82.6 Å². The minimum atomic E-state index is -1.50. The summed E-state index contributed by atoms with van der Waals surface area (Å²) < 4.78 is 9.84. The molecule has 2 aromatic rings. The molecule has 0 bridgehead atoms. The summed E-state index contributed by atoms with van der Waals surface area (Å²) in [7, 11) is 0. The Morgan fingerprint density at radius 3 is 2.94 bits per heavy atom. The molecule has 0 radical (unpaired) electrons. The van der Waals surface area contributed by atoms with Crippen molar-refractivity contribution in [3.8, 4) is 0 Å². The third kappa shape index (κ3) is 2.17. The van der Waals surface area contributed by atoms with E-state index in [1.807, 2.05) is 0 Å². The van der Waals surface area contributed by atoms with Gasteiger partial charge in [0.1, 0.15) is 5.58 Å². The first kappa shape index (κ1) is 12.1. The highest BCUT2D eigenvalue weighted by Crippen LogP contribution is 2.24.